The summed E-state index contributed by atoms with van der Waals surface area (Å²) in [5.41, 5.74) is 5.04. The highest BCUT2D eigenvalue weighted by molar-refractivity contribution is 9.10. The Balaban J connectivity index is 1.54. The highest BCUT2D eigenvalue weighted by Gasteiger charge is 2.32. The van der Waals surface area contributed by atoms with E-state index in [9.17, 15) is 22.8 Å². The van der Waals surface area contributed by atoms with Gasteiger partial charge in [0.25, 0.3) is 11.5 Å². The molecule has 3 aromatic rings. The second kappa shape index (κ2) is 10.0. The third kappa shape index (κ3) is 5.24. The maximum absolute atomic E-state index is 13.0. The summed E-state index contributed by atoms with van der Waals surface area (Å²) < 4.78 is 46.4. The molecule has 1 aliphatic rings. The van der Waals surface area contributed by atoms with Crippen LogP contribution in [-0.2, 0) is 18.0 Å². The van der Waals surface area contributed by atoms with E-state index in [-0.39, 0.29) is 17.0 Å². The number of nitrogens with zero attached hydrogens (tertiary/aromatic N) is 2. The van der Waals surface area contributed by atoms with Crippen LogP contribution in [0.4, 0.5) is 18.9 Å². The Bertz CT molecular complexity index is 1480. The number of aromatic nitrogens is 1. The normalized spacial score (nSPS) is 14.6. The summed E-state index contributed by atoms with van der Waals surface area (Å²) in [6.07, 6.45) is -3.76. The van der Waals surface area contributed by atoms with Crippen molar-refractivity contribution in [3.63, 3.8) is 0 Å². The summed E-state index contributed by atoms with van der Waals surface area (Å²) in [5, 5.41) is 17.0. The SMILES string of the molecule is Cn1c(=O)c(C(N)=O)c(N2CCC(C(=N)OC(=N)c3cccc(C(F)(F)F)c3)CC2)c2cc(Br)ccc21. The average molecular weight is 578 g/mol. The molecule has 8 nitrogen and oxygen atoms in total. The first-order valence-electron chi connectivity index (χ1n) is 11.3. The van der Waals surface area contributed by atoms with Crippen molar-refractivity contribution < 1.29 is 22.7 Å². The molecular formula is C25H23BrF3N5O3. The van der Waals surface area contributed by atoms with Crippen LogP contribution < -0.4 is 16.2 Å². The van der Waals surface area contributed by atoms with Gasteiger partial charge >= 0.3 is 6.18 Å². The lowest BCUT2D eigenvalue weighted by molar-refractivity contribution is -0.137. The van der Waals surface area contributed by atoms with Crippen molar-refractivity contribution in [2.45, 2.75) is 19.0 Å². The van der Waals surface area contributed by atoms with Crippen molar-refractivity contribution in [2.75, 3.05) is 18.0 Å². The van der Waals surface area contributed by atoms with E-state index < -0.39 is 35.0 Å². The number of piperidine rings is 1. The Labute approximate surface area is 218 Å². The topological polar surface area (TPSA) is 125 Å². The Morgan fingerprint density at radius 2 is 1.81 bits per heavy atom. The predicted octanol–water partition coefficient (Wildman–Crippen LogP) is 4.65. The number of nitrogens with two attached hydrogens (primary N) is 1. The lowest BCUT2D eigenvalue weighted by atomic mass is 9.95. The molecule has 2 aromatic carbocycles. The van der Waals surface area contributed by atoms with E-state index in [0.29, 0.717) is 42.5 Å². The van der Waals surface area contributed by atoms with E-state index in [1.807, 2.05) is 11.0 Å². The third-order valence-corrected chi connectivity index (χ3v) is 6.92. The number of amides is 1. The van der Waals surface area contributed by atoms with Crippen molar-refractivity contribution in [3.8, 4) is 0 Å². The van der Waals surface area contributed by atoms with Crippen molar-refractivity contribution in [2.24, 2.45) is 18.7 Å². The van der Waals surface area contributed by atoms with Gasteiger partial charge in [-0.2, -0.15) is 13.2 Å². The van der Waals surface area contributed by atoms with E-state index in [4.69, 9.17) is 21.3 Å². The maximum atomic E-state index is 13.0. The average Bonchev–Trinajstić information content (AvgIpc) is 2.85. The minimum Gasteiger partial charge on any atom is -0.425 e. The van der Waals surface area contributed by atoms with Crippen LogP contribution in [0.3, 0.4) is 0 Å². The highest BCUT2D eigenvalue weighted by Crippen LogP contribution is 2.34. The molecule has 0 aliphatic carbocycles. The summed E-state index contributed by atoms with van der Waals surface area (Å²) in [5.74, 6) is -2.01. The van der Waals surface area contributed by atoms with Crippen molar-refractivity contribution >= 4 is 50.2 Å². The fourth-order valence-corrected chi connectivity index (χ4v) is 4.87. The molecule has 1 saturated heterocycles. The number of nitrogens with one attached hydrogen (secondary N) is 2. The van der Waals surface area contributed by atoms with Gasteiger partial charge in [-0.05, 0) is 49.2 Å². The summed E-state index contributed by atoms with van der Waals surface area (Å²) in [4.78, 5) is 27.1. The number of benzene rings is 2. The summed E-state index contributed by atoms with van der Waals surface area (Å²) in [7, 11) is 1.57. The number of hydrogen-bond donors (Lipinski definition) is 3. The van der Waals surface area contributed by atoms with Gasteiger partial charge in [-0.3, -0.25) is 20.4 Å². The molecule has 0 bridgehead atoms. The number of rotatable bonds is 4. The quantitative estimate of drug-likeness (QED) is 0.308. The van der Waals surface area contributed by atoms with Gasteiger partial charge in [0.05, 0.1) is 16.8 Å². The molecule has 1 aromatic heterocycles. The molecule has 12 heteroatoms. The number of alkyl halides is 3. The Morgan fingerprint density at radius 1 is 1.14 bits per heavy atom. The maximum Gasteiger partial charge on any atom is 0.416 e. The van der Waals surface area contributed by atoms with Crippen LogP contribution >= 0.6 is 15.9 Å². The third-order valence-electron chi connectivity index (χ3n) is 6.42. The molecule has 0 atom stereocenters. The van der Waals surface area contributed by atoms with Crippen molar-refractivity contribution in [3.05, 3.63) is 74.0 Å². The molecule has 4 rings (SSSR count). The first-order valence-corrected chi connectivity index (χ1v) is 12.1. The Hall–Kier alpha value is -3.67. The molecule has 0 spiro atoms. The fraction of sp³-hybridized carbons (Fsp3) is 0.280. The van der Waals surface area contributed by atoms with Gasteiger partial charge in [-0.15, -0.1) is 0 Å². The van der Waals surface area contributed by atoms with Gasteiger partial charge in [0, 0.05) is 41.5 Å². The largest absolute Gasteiger partial charge is 0.425 e. The van der Waals surface area contributed by atoms with Crippen LogP contribution in [0, 0.1) is 16.7 Å². The number of primary amides is 1. The molecule has 4 N–H and O–H groups in total. The van der Waals surface area contributed by atoms with Gasteiger partial charge in [0.15, 0.2) is 5.90 Å². The molecule has 0 saturated carbocycles. The second-order valence-electron chi connectivity index (χ2n) is 8.75. The first kappa shape index (κ1) is 26.4. The Morgan fingerprint density at radius 3 is 2.43 bits per heavy atom. The van der Waals surface area contributed by atoms with Gasteiger partial charge in [0.1, 0.15) is 5.56 Å². The molecule has 1 aliphatic heterocycles. The van der Waals surface area contributed by atoms with Gasteiger partial charge in [0.2, 0.25) is 5.90 Å². The smallest absolute Gasteiger partial charge is 0.416 e. The van der Waals surface area contributed by atoms with Crippen LogP contribution in [-0.4, -0.2) is 35.4 Å². The molecule has 1 fully saturated rings. The number of pyridine rings is 1. The van der Waals surface area contributed by atoms with Crippen LogP contribution in [0.5, 0.6) is 0 Å². The number of anilines is 1. The number of carbonyl (C=O) groups excluding carboxylic acids is 1. The zero-order valence-corrected chi connectivity index (χ0v) is 21.2. The number of aryl methyl sites for hydroxylation is 1. The van der Waals surface area contributed by atoms with E-state index in [0.717, 1.165) is 16.6 Å². The molecule has 194 valence electrons. The number of halogens is 4. The number of ether oxygens (including phenoxy) is 1. The summed E-state index contributed by atoms with van der Waals surface area (Å²) >= 11 is 3.43. The lowest BCUT2D eigenvalue weighted by Crippen LogP contribution is -2.40. The minimum atomic E-state index is -4.56. The highest BCUT2D eigenvalue weighted by atomic mass is 79.9. The molecule has 1 amide bonds. The number of fused-ring (bicyclic) bond motifs is 1. The molecular weight excluding hydrogens is 555 g/mol. The van der Waals surface area contributed by atoms with Crippen molar-refractivity contribution in [1.82, 2.24) is 4.57 Å². The van der Waals surface area contributed by atoms with Gasteiger partial charge < -0.3 is 19.9 Å². The van der Waals surface area contributed by atoms with Crippen LogP contribution in [0.2, 0.25) is 0 Å². The molecule has 0 unspecified atom stereocenters. The van der Waals surface area contributed by atoms with E-state index in [1.54, 1.807) is 19.2 Å². The van der Waals surface area contributed by atoms with Crippen LogP contribution in [0.15, 0.2) is 51.7 Å². The minimum absolute atomic E-state index is 0.0831. The van der Waals surface area contributed by atoms with Gasteiger partial charge in [-0.25, -0.2) is 0 Å². The molecule has 2 heterocycles. The van der Waals surface area contributed by atoms with Crippen LogP contribution in [0.1, 0.15) is 34.3 Å². The van der Waals surface area contributed by atoms with E-state index >= 15 is 0 Å². The number of hydrogen-bond acceptors (Lipinski definition) is 6. The van der Waals surface area contributed by atoms with E-state index in [2.05, 4.69) is 15.9 Å². The molecule has 0 radical (unpaired) electrons. The zero-order valence-electron chi connectivity index (χ0n) is 19.7. The standard InChI is InChI=1S/C25H23BrF3N5O3/c1-33-18-6-5-16(26)12-17(18)20(19(21(30)35)24(33)36)34-9-7-13(8-10-34)22(31)37-23(32)14-3-2-4-15(11-14)25(27,28)29/h2-6,11-13,31-32H,7-10H2,1H3,(H2,30,35). The number of carbonyl (C=O) groups is 1. The first-order chi connectivity index (χ1) is 17.4. The monoisotopic (exact) mass is 577 g/mol. The fourth-order valence-electron chi connectivity index (χ4n) is 4.51. The second-order valence-corrected chi connectivity index (χ2v) is 9.66. The lowest BCUT2D eigenvalue weighted by Gasteiger charge is -2.35. The Kier molecular flexibility index (Phi) is 7.13. The van der Waals surface area contributed by atoms with E-state index in [1.165, 1.54) is 16.7 Å². The van der Waals surface area contributed by atoms with Gasteiger partial charge in [-0.1, -0.05) is 22.0 Å². The summed E-state index contributed by atoms with van der Waals surface area (Å²) in [6.45, 7) is 0.727. The zero-order chi connectivity index (χ0) is 27.1. The van der Waals surface area contributed by atoms with Crippen molar-refractivity contribution in [1.29, 1.82) is 10.8 Å². The van der Waals surface area contributed by atoms with Crippen LogP contribution in [0.25, 0.3) is 10.9 Å². The predicted molar refractivity (Wildman–Crippen MR) is 137 cm³/mol. The molecule has 37 heavy (non-hydrogen) atoms. The summed E-state index contributed by atoms with van der Waals surface area (Å²) in [6, 6.07) is 9.58.